The van der Waals surface area contributed by atoms with Crippen molar-refractivity contribution in [3.63, 3.8) is 0 Å². The number of amides is 1. The van der Waals surface area contributed by atoms with Gasteiger partial charge in [-0.05, 0) is 49.7 Å². The minimum absolute atomic E-state index is 0.0530. The summed E-state index contributed by atoms with van der Waals surface area (Å²) >= 11 is 2.70. The molecular formula is C21H21N5O3S3. The van der Waals surface area contributed by atoms with Crippen LogP contribution in [0.4, 0.5) is 5.13 Å². The van der Waals surface area contributed by atoms with Gasteiger partial charge in [0, 0.05) is 24.4 Å². The molecule has 0 unspecified atom stereocenters. The molecule has 0 saturated heterocycles. The lowest BCUT2D eigenvalue weighted by atomic mass is 10.2. The van der Waals surface area contributed by atoms with Crippen LogP contribution in [0.15, 0.2) is 57.8 Å². The van der Waals surface area contributed by atoms with Gasteiger partial charge in [0.05, 0.1) is 16.5 Å². The van der Waals surface area contributed by atoms with Crippen LogP contribution in [0.25, 0.3) is 0 Å². The van der Waals surface area contributed by atoms with Crippen LogP contribution in [0.1, 0.15) is 35.3 Å². The zero-order valence-corrected chi connectivity index (χ0v) is 20.1. The molecule has 11 heteroatoms. The van der Waals surface area contributed by atoms with Crippen LogP contribution in [0, 0.1) is 11.3 Å². The highest BCUT2D eigenvalue weighted by molar-refractivity contribution is 8.00. The van der Waals surface area contributed by atoms with Gasteiger partial charge in [-0.25, -0.2) is 8.42 Å². The van der Waals surface area contributed by atoms with Crippen LogP contribution in [0.3, 0.4) is 0 Å². The maximum atomic E-state index is 12.7. The number of carbonyl (C=O) groups excluding carboxylic acids is 1. The standard InChI is InChI=1S/C21H21N5O3S3/c1-14(2)26(3)32(28,29)18-6-4-5-17(11-18)19(27)23-20-24-25-21(31-20)30-13-16-9-7-15(12-22)8-10-16/h4-11,14H,13H2,1-3H3,(H,23,24,27). The van der Waals surface area contributed by atoms with Gasteiger partial charge < -0.3 is 0 Å². The Hall–Kier alpha value is -2.78. The van der Waals surface area contributed by atoms with E-state index in [0.717, 1.165) is 5.56 Å². The predicted octanol–water partition coefficient (Wildman–Crippen LogP) is 3.98. The number of anilines is 1. The Labute approximate surface area is 195 Å². The molecule has 166 valence electrons. The Balaban J connectivity index is 1.65. The maximum Gasteiger partial charge on any atom is 0.257 e. The predicted molar refractivity (Wildman–Crippen MR) is 125 cm³/mol. The average Bonchev–Trinajstić information content (AvgIpc) is 3.24. The van der Waals surface area contributed by atoms with Crippen LogP contribution >= 0.6 is 23.1 Å². The van der Waals surface area contributed by atoms with E-state index in [1.165, 1.54) is 52.7 Å². The fraction of sp³-hybridized carbons (Fsp3) is 0.238. The Bertz CT molecular complexity index is 1250. The highest BCUT2D eigenvalue weighted by atomic mass is 32.2. The van der Waals surface area contributed by atoms with Crippen LogP contribution in [-0.4, -0.2) is 41.9 Å². The molecule has 1 amide bonds. The fourth-order valence-electron chi connectivity index (χ4n) is 2.55. The Kier molecular flexibility index (Phi) is 7.63. The van der Waals surface area contributed by atoms with Crippen molar-refractivity contribution in [3.05, 3.63) is 65.2 Å². The molecule has 0 aliphatic rings. The number of rotatable bonds is 8. The summed E-state index contributed by atoms with van der Waals surface area (Å²) in [5, 5.41) is 19.9. The molecule has 0 radical (unpaired) electrons. The number of nitrogens with one attached hydrogen (secondary N) is 1. The Morgan fingerprint density at radius 1 is 1.22 bits per heavy atom. The summed E-state index contributed by atoms with van der Waals surface area (Å²) in [6.07, 6.45) is 0. The molecule has 0 atom stereocenters. The Morgan fingerprint density at radius 2 is 1.94 bits per heavy atom. The van der Waals surface area contributed by atoms with Crippen LogP contribution in [0.5, 0.6) is 0 Å². The summed E-state index contributed by atoms with van der Waals surface area (Å²) in [7, 11) is -2.19. The lowest BCUT2D eigenvalue weighted by molar-refractivity contribution is 0.102. The first kappa shape index (κ1) is 23.9. The van der Waals surface area contributed by atoms with E-state index in [2.05, 4.69) is 21.6 Å². The monoisotopic (exact) mass is 487 g/mol. The molecule has 8 nitrogen and oxygen atoms in total. The third kappa shape index (κ3) is 5.72. The first-order valence-corrected chi connectivity index (χ1v) is 12.8. The molecule has 2 aromatic carbocycles. The van der Waals surface area contributed by atoms with Gasteiger partial charge in [0.25, 0.3) is 5.91 Å². The molecular weight excluding hydrogens is 466 g/mol. The van der Waals surface area contributed by atoms with Crippen LogP contribution in [-0.2, 0) is 15.8 Å². The number of aromatic nitrogens is 2. The molecule has 3 aromatic rings. The van der Waals surface area contributed by atoms with Crippen molar-refractivity contribution >= 4 is 44.2 Å². The van der Waals surface area contributed by atoms with Crippen LogP contribution in [0.2, 0.25) is 0 Å². The zero-order chi connectivity index (χ0) is 23.3. The molecule has 0 saturated carbocycles. The molecule has 0 bridgehead atoms. The minimum atomic E-state index is -3.69. The van der Waals surface area contributed by atoms with Gasteiger partial charge in [-0.2, -0.15) is 9.57 Å². The van der Waals surface area contributed by atoms with Gasteiger partial charge in [0.2, 0.25) is 15.2 Å². The lowest BCUT2D eigenvalue weighted by Crippen LogP contribution is -2.33. The Morgan fingerprint density at radius 3 is 2.59 bits per heavy atom. The van der Waals surface area contributed by atoms with Crippen molar-refractivity contribution in [2.45, 2.75) is 34.9 Å². The number of hydrogen-bond donors (Lipinski definition) is 1. The SMILES string of the molecule is CC(C)N(C)S(=O)(=O)c1cccc(C(=O)Nc2nnc(SCc3ccc(C#N)cc3)s2)c1. The van der Waals surface area contributed by atoms with Crippen molar-refractivity contribution in [2.75, 3.05) is 12.4 Å². The third-order valence-electron chi connectivity index (χ3n) is 4.57. The smallest absolute Gasteiger partial charge is 0.257 e. The van der Waals surface area contributed by atoms with Gasteiger partial charge in [0.15, 0.2) is 4.34 Å². The van der Waals surface area contributed by atoms with E-state index in [9.17, 15) is 13.2 Å². The second-order valence-electron chi connectivity index (χ2n) is 7.07. The molecule has 1 N–H and O–H groups in total. The van der Waals surface area contributed by atoms with Crippen LogP contribution < -0.4 is 5.32 Å². The molecule has 1 heterocycles. The first-order chi connectivity index (χ1) is 15.2. The number of hydrogen-bond acceptors (Lipinski definition) is 8. The first-order valence-electron chi connectivity index (χ1n) is 9.55. The molecule has 32 heavy (non-hydrogen) atoms. The van der Waals surface area contributed by atoms with Crippen molar-refractivity contribution in [3.8, 4) is 6.07 Å². The highest BCUT2D eigenvalue weighted by Crippen LogP contribution is 2.29. The zero-order valence-electron chi connectivity index (χ0n) is 17.6. The second-order valence-corrected chi connectivity index (χ2v) is 11.3. The van der Waals surface area contributed by atoms with Crippen molar-refractivity contribution < 1.29 is 13.2 Å². The summed E-state index contributed by atoms with van der Waals surface area (Å²) in [5.74, 6) is 0.187. The van der Waals surface area contributed by atoms with E-state index in [1.54, 1.807) is 32.0 Å². The summed E-state index contributed by atoms with van der Waals surface area (Å²) < 4.78 is 27.3. The van der Waals surface area contributed by atoms with E-state index in [-0.39, 0.29) is 16.5 Å². The van der Waals surface area contributed by atoms with Gasteiger partial charge >= 0.3 is 0 Å². The normalized spacial score (nSPS) is 11.5. The number of nitrogens with zero attached hydrogens (tertiary/aromatic N) is 4. The number of nitriles is 1. The maximum absolute atomic E-state index is 12.7. The fourth-order valence-corrected chi connectivity index (χ4v) is 5.67. The van der Waals surface area contributed by atoms with Gasteiger partial charge in [-0.15, -0.1) is 10.2 Å². The number of benzene rings is 2. The van der Waals surface area contributed by atoms with Gasteiger partial charge in [-0.3, -0.25) is 10.1 Å². The van der Waals surface area contributed by atoms with E-state index in [0.29, 0.717) is 20.8 Å². The van der Waals surface area contributed by atoms with E-state index in [1.807, 2.05) is 12.1 Å². The highest BCUT2D eigenvalue weighted by Gasteiger charge is 2.24. The number of carbonyl (C=O) groups is 1. The molecule has 0 aliphatic heterocycles. The van der Waals surface area contributed by atoms with Gasteiger partial charge in [0.1, 0.15) is 0 Å². The van der Waals surface area contributed by atoms with E-state index in [4.69, 9.17) is 5.26 Å². The molecule has 0 spiro atoms. The average molecular weight is 488 g/mol. The quantitative estimate of drug-likeness (QED) is 0.377. The van der Waals surface area contributed by atoms with Crippen molar-refractivity contribution in [2.24, 2.45) is 0 Å². The number of thioether (sulfide) groups is 1. The second kappa shape index (κ2) is 10.2. The largest absolute Gasteiger partial charge is 0.296 e. The van der Waals surface area contributed by atoms with Crippen molar-refractivity contribution in [1.29, 1.82) is 5.26 Å². The van der Waals surface area contributed by atoms with Gasteiger partial charge in [-0.1, -0.05) is 41.3 Å². The summed E-state index contributed by atoms with van der Waals surface area (Å²) in [6, 6.07) is 15.1. The summed E-state index contributed by atoms with van der Waals surface area (Å²) in [6.45, 7) is 3.56. The van der Waals surface area contributed by atoms with E-state index >= 15 is 0 Å². The molecule has 1 aromatic heterocycles. The lowest BCUT2D eigenvalue weighted by Gasteiger charge is -2.21. The third-order valence-corrected chi connectivity index (χ3v) is 8.65. The topological polar surface area (TPSA) is 116 Å². The summed E-state index contributed by atoms with van der Waals surface area (Å²) in [4.78, 5) is 12.7. The molecule has 0 aliphatic carbocycles. The van der Waals surface area contributed by atoms with E-state index < -0.39 is 15.9 Å². The van der Waals surface area contributed by atoms with Crippen molar-refractivity contribution in [1.82, 2.24) is 14.5 Å². The summed E-state index contributed by atoms with van der Waals surface area (Å²) in [5.41, 5.74) is 1.86. The molecule has 3 rings (SSSR count). The minimum Gasteiger partial charge on any atom is -0.296 e. The molecule has 0 fully saturated rings. The number of sulfonamides is 1.